The fourth-order valence-electron chi connectivity index (χ4n) is 2.70. The van der Waals surface area contributed by atoms with E-state index >= 15 is 0 Å². The lowest BCUT2D eigenvalue weighted by Gasteiger charge is -2.27. The zero-order valence-corrected chi connectivity index (χ0v) is 13.4. The Morgan fingerprint density at radius 3 is 2.71 bits per heavy atom. The standard InChI is InChI=1S/C17H25NO3/c1-17(2,3)21-16(19)14-9-7-11-18(14)12-13-8-5-6-10-15(13)20-4/h5-6,8,10,14H,7,9,11-12H2,1-4H3/t14-/m1/s1. The lowest BCUT2D eigenvalue weighted by atomic mass is 10.1. The number of rotatable bonds is 4. The predicted molar refractivity (Wildman–Crippen MR) is 82.3 cm³/mol. The van der Waals surface area contributed by atoms with Crippen molar-refractivity contribution in [3.63, 3.8) is 0 Å². The van der Waals surface area contributed by atoms with Crippen LogP contribution in [0.3, 0.4) is 0 Å². The van der Waals surface area contributed by atoms with Crippen molar-refractivity contribution >= 4 is 5.97 Å². The number of hydrogen-bond acceptors (Lipinski definition) is 4. The molecule has 1 heterocycles. The molecule has 1 saturated heterocycles. The van der Waals surface area contributed by atoms with Gasteiger partial charge < -0.3 is 9.47 Å². The van der Waals surface area contributed by atoms with Gasteiger partial charge in [-0.1, -0.05) is 18.2 Å². The minimum atomic E-state index is -0.435. The molecule has 0 radical (unpaired) electrons. The first-order chi connectivity index (χ1) is 9.90. The van der Waals surface area contributed by atoms with E-state index in [4.69, 9.17) is 9.47 Å². The van der Waals surface area contributed by atoms with Gasteiger partial charge in [-0.05, 0) is 46.2 Å². The number of benzene rings is 1. The maximum absolute atomic E-state index is 12.3. The molecule has 0 amide bonds. The van der Waals surface area contributed by atoms with Crippen LogP contribution in [0.2, 0.25) is 0 Å². The second-order valence-corrected chi connectivity index (χ2v) is 6.47. The number of likely N-dealkylation sites (tertiary alicyclic amines) is 1. The third kappa shape index (κ3) is 4.21. The number of esters is 1. The Labute approximate surface area is 127 Å². The third-order valence-electron chi connectivity index (χ3n) is 3.61. The Morgan fingerprint density at radius 1 is 1.33 bits per heavy atom. The third-order valence-corrected chi connectivity index (χ3v) is 3.61. The first kappa shape index (κ1) is 15.8. The van der Waals surface area contributed by atoms with E-state index in [-0.39, 0.29) is 12.0 Å². The van der Waals surface area contributed by atoms with Crippen LogP contribution in [0.5, 0.6) is 5.75 Å². The molecule has 1 aromatic carbocycles. The minimum absolute atomic E-state index is 0.116. The Morgan fingerprint density at radius 2 is 2.05 bits per heavy atom. The second kappa shape index (κ2) is 6.48. The highest BCUT2D eigenvalue weighted by Crippen LogP contribution is 2.26. The van der Waals surface area contributed by atoms with Gasteiger partial charge in [0.25, 0.3) is 0 Å². The van der Waals surface area contributed by atoms with Crippen LogP contribution in [0.25, 0.3) is 0 Å². The number of carbonyl (C=O) groups is 1. The summed E-state index contributed by atoms with van der Waals surface area (Å²) in [5, 5.41) is 0. The Balaban J connectivity index is 2.07. The lowest BCUT2D eigenvalue weighted by molar-refractivity contribution is -0.160. The average molecular weight is 291 g/mol. The molecule has 0 aromatic heterocycles. The molecule has 0 spiro atoms. The first-order valence-corrected chi connectivity index (χ1v) is 7.49. The summed E-state index contributed by atoms with van der Waals surface area (Å²) in [5.74, 6) is 0.752. The van der Waals surface area contributed by atoms with Crippen molar-refractivity contribution in [2.75, 3.05) is 13.7 Å². The lowest BCUT2D eigenvalue weighted by Crippen LogP contribution is -2.40. The number of nitrogens with zero attached hydrogens (tertiary/aromatic N) is 1. The summed E-state index contributed by atoms with van der Waals surface area (Å²) in [5.41, 5.74) is 0.672. The van der Waals surface area contributed by atoms with Gasteiger partial charge in [0, 0.05) is 12.1 Å². The fraction of sp³-hybridized carbons (Fsp3) is 0.588. The molecule has 2 rings (SSSR count). The van der Waals surface area contributed by atoms with Gasteiger partial charge in [0.15, 0.2) is 0 Å². The van der Waals surface area contributed by atoms with E-state index in [2.05, 4.69) is 4.90 Å². The molecular weight excluding hydrogens is 266 g/mol. The molecule has 4 heteroatoms. The van der Waals surface area contributed by atoms with Crippen LogP contribution in [0.15, 0.2) is 24.3 Å². The summed E-state index contributed by atoms with van der Waals surface area (Å²) in [7, 11) is 1.67. The van der Waals surface area contributed by atoms with Gasteiger partial charge in [-0.25, -0.2) is 0 Å². The summed E-state index contributed by atoms with van der Waals surface area (Å²) in [6.45, 7) is 7.36. The number of carbonyl (C=O) groups excluding carboxylic acids is 1. The van der Waals surface area contributed by atoms with Crippen molar-refractivity contribution in [2.24, 2.45) is 0 Å². The normalized spacial score (nSPS) is 19.5. The minimum Gasteiger partial charge on any atom is -0.496 e. The Kier molecular flexibility index (Phi) is 4.88. The Hall–Kier alpha value is -1.55. The monoisotopic (exact) mass is 291 g/mol. The van der Waals surface area contributed by atoms with Gasteiger partial charge in [-0.15, -0.1) is 0 Å². The quantitative estimate of drug-likeness (QED) is 0.799. The van der Waals surface area contributed by atoms with Crippen LogP contribution < -0.4 is 4.74 Å². The van der Waals surface area contributed by atoms with Crippen LogP contribution >= 0.6 is 0 Å². The highest BCUT2D eigenvalue weighted by molar-refractivity contribution is 5.76. The average Bonchev–Trinajstić information content (AvgIpc) is 2.85. The van der Waals surface area contributed by atoms with E-state index in [0.29, 0.717) is 6.54 Å². The topological polar surface area (TPSA) is 38.8 Å². The number of methoxy groups -OCH3 is 1. The second-order valence-electron chi connectivity index (χ2n) is 6.47. The largest absolute Gasteiger partial charge is 0.496 e. The van der Waals surface area contributed by atoms with Crippen molar-refractivity contribution in [2.45, 2.75) is 51.8 Å². The molecule has 1 aliphatic rings. The van der Waals surface area contributed by atoms with Crippen molar-refractivity contribution in [1.82, 2.24) is 4.90 Å². The maximum atomic E-state index is 12.3. The number of para-hydroxylation sites is 1. The zero-order chi connectivity index (χ0) is 15.5. The van der Waals surface area contributed by atoms with Crippen LogP contribution in [0, 0.1) is 0 Å². The molecule has 1 aromatic rings. The summed E-state index contributed by atoms with van der Waals surface area (Å²) >= 11 is 0. The van der Waals surface area contributed by atoms with Crippen molar-refractivity contribution in [1.29, 1.82) is 0 Å². The van der Waals surface area contributed by atoms with Crippen molar-refractivity contribution < 1.29 is 14.3 Å². The van der Waals surface area contributed by atoms with E-state index in [0.717, 1.165) is 30.7 Å². The van der Waals surface area contributed by atoms with E-state index in [1.807, 2.05) is 45.0 Å². The van der Waals surface area contributed by atoms with Gasteiger partial charge in [-0.2, -0.15) is 0 Å². The molecule has 0 aliphatic carbocycles. The molecule has 0 bridgehead atoms. The number of ether oxygens (including phenoxy) is 2. The molecule has 4 nitrogen and oxygen atoms in total. The van der Waals surface area contributed by atoms with E-state index < -0.39 is 5.60 Å². The van der Waals surface area contributed by atoms with Crippen LogP contribution in [-0.4, -0.2) is 36.2 Å². The molecule has 1 aliphatic heterocycles. The molecule has 21 heavy (non-hydrogen) atoms. The predicted octanol–water partition coefficient (Wildman–Crippen LogP) is 3.00. The smallest absolute Gasteiger partial charge is 0.323 e. The van der Waals surface area contributed by atoms with E-state index in [9.17, 15) is 4.79 Å². The molecular formula is C17H25NO3. The zero-order valence-electron chi connectivity index (χ0n) is 13.4. The summed E-state index contributed by atoms with van der Waals surface area (Å²) in [4.78, 5) is 14.5. The highest BCUT2D eigenvalue weighted by Gasteiger charge is 2.34. The summed E-state index contributed by atoms with van der Waals surface area (Å²) in [6, 6.07) is 7.81. The van der Waals surface area contributed by atoms with Crippen molar-refractivity contribution in [3.05, 3.63) is 29.8 Å². The molecule has 1 fully saturated rings. The van der Waals surface area contributed by atoms with Gasteiger partial charge in [0.05, 0.1) is 7.11 Å². The van der Waals surface area contributed by atoms with Crippen LogP contribution in [-0.2, 0) is 16.1 Å². The summed E-state index contributed by atoms with van der Waals surface area (Å²) in [6.07, 6.45) is 1.89. The number of hydrogen-bond donors (Lipinski definition) is 0. The van der Waals surface area contributed by atoms with Gasteiger partial charge in [0.2, 0.25) is 0 Å². The SMILES string of the molecule is COc1ccccc1CN1CCC[C@@H]1C(=O)OC(C)(C)C. The van der Waals surface area contributed by atoms with Crippen molar-refractivity contribution in [3.8, 4) is 5.75 Å². The van der Waals surface area contributed by atoms with Gasteiger partial charge in [0.1, 0.15) is 17.4 Å². The van der Waals surface area contributed by atoms with Crippen LogP contribution in [0.1, 0.15) is 39.2 Å². The van der Waals surface area contributed by atoms with E-state index in [1.165, 1.54) is 0 Å². The molecule has 0 N–H and O–H groups in total. The summed E-state index contributed by atoms with van der Waals surface area (Å²) < 4.78 is 10.9. The van der Waals surface area contributed by atoms with E-state index in [1.54, 1.807) is 7.11 Å². The fourth-order valence-corrected chi connectivity index (χ4v) is 2.70. The van der Waals surface area contributed by atoms with Crippen LogP contribution in [0.4, 0.5) is 0 Å². The molecule has 0 saturated carbocycles. The molecule has 116 valence electrons. The highest BCUT2D eigenvalue weighted by atomic mass is 16.6. The maximum Gasteiger partial charge on any atom is 0.323 e. The first-order valence-electron chi connectivity index (χ1n) is 7.49. The van der Waals surface area contributed by atoms with Gasteiger partial charge in [-0.3, -0.25) is 9.69 Å². The van der Waals surface area contributed by atoms with Gasteiger partial charge >= 0.3 is 5.97 Å². The molecule has 1 atom stereocenters. The molecule has 0 unspecified atom stereocenters. The Bertz CT molecular complexity index is 493.